The largest absolute Gasteiger partial charge is 0.283 e. The third kappa shape index (κ3) is 1.45. The van der Waals surface area contributed by atoms with E-state index in [9.17, 15) is 10.1 Å². The van der Waals surface area contributed by atoms with Crippen LogP contribution in [0, 0.1) is 10.1 Å². The summed E-state index contributed by atoms with van der Waals surface area (Å²) < 4.78 is 0. The van der Waals surface area contributed by atoms with Crippen LogP contribution in [0.5, 0.6) is 0 Å². The summed E-state index contributed by atoms with van der Waals surface area (Å²) >= 11 is 1.52. The van der Waals surface area contributed by atoms with Crippen molar-refractivity contribution in [3.05, 3.63) is 40.0 Å². The highest BCUT2D eigenvalue weighted by molar-refractivity contribution is 7.99. The van der Waals surface area contributed by atoms with Gasteiger partial charge in [-0.3, -0.25) is 10.1 Å². The summed E-state index contributed by atoms with van der Waals surface area (Å²) in [5, 5.41) is 10.6. The van der Waals surface area contributed by atoms with Gasteiger partial charge >= 0.3 is 0 Å². The second-order valence-corrected chi connectivity index (χ2v) is 3.70. The van der Waals surface area contributed by atoms with Crippen LogP contribution in [0.25, 0.3) is 6.08 Å². The first-order valence-corrected chi connectivity index (χ1v) is 4.84. The second-order valence-electron chi connectivity index (χ2n) is 2.67. The lowest BCUT2D eigenvalue weighted by molar-refractivity contribution is -0.387. The number of nitrogens with zero attached hydrogens (tertiary/aromatic N) is 1. The minimum atomic E-state index is -0.328. The minimum Gasteiger partial charge on any atom is -0.258 e. The second kappa shape index (κ2) is 3.22. The maximum atomic E-state index is 10.6. The summed E-state index contributed by atoms with van der Waals surface area (Å²) in [6, 6.07) is 5.16. The quantitative estimate of drug-likeness (QED) is 0.508. The number of benzene rings is 1. The zero-order valence-electron chi connectivity index (χ0n) is 6.77. The Balaban J connectivity index is 2.59. The zero-order chi connectivity index (χ0) is 9.26. The molecule has 0 bridgehead atoms. The van der Waals surface area contributed by atoms with Gasteiger partial charge in [-0.1, -0.05) is 24.3 Å². The number of hydrogen-bond donors (Lipinski definition) is 0. The van der Waals surface area contributed by atoms with E-state index in [2.05, 4.69) is 0 Å². The van der Waals surface area contributed by atoms with Gasteiger partial charge in [-0.25, -0.2) is 0 Å². The van der Waals surface area contributed by atoms with E-state index in [0.29, 0.717) is 0 Å². The topological polar surface area (TPSA) is 43.1 Å². The van der Waals surface area contributed by atoms with E-state index < -0.39 is 0 Å². The van der Waals surface area contributed by atoms with Crippen LogP contribution >= 0.6 is 11.8 Å². The van der Waals surface area contributed by atoms with E-state index in [-0.39, 0.29) is 10.6 Å². The molecule has 0 spiro atoms. The van der Waals surface area contributed by atoms with Crippen LogP contribution < -0.4 is 0 Å². The van der Waals surface area contributed by atoms with Gasteiger partial charge < -0.3 is 0 Å². The summed E-state index contributed by atoms with van der Waals surface area (Å²) in [6.07, 6.45) is 3.94. The summed E-state index contributed by atoms with van der Waals surface area (Å²) in [4.78, 5) is 11.1. The van der Waals surface area contributed by atoms with Crippen LogP contribution in [0.4, 0.5) is 5.69 Å². The van der Waals surface area contributed by atoms with Gasteiger partial charge in [0.1, 0.15) is 0 Å². The third-order valence-corrected chi connectivity index (χ3v) is 2.94. The molecule has 2 rings (SSSR count). The molecule has 0 radical (unpaired) electrons. The monoisotopic (exact) mass is 193 g/mol. The first-order valence-electron chi connectivity index (χ1n) is 3.86. The Kier molecular flexibility index (Phi) is 2.06. The number of hydrogen-bond acceptors (Lipinski definition) is 3. The van der Waals surface area contributed by atoms with Crippen LogP contribution in [0.15, 0.2) is 29.2 Å². The van der Waals surface area contributed by atoms with Crippen molar-refractivity contribution in [2.75, 3.05) is 5.75 Å². The highest BCUT2D eigenvalue weighted by atomic mass is 32.2. The minimum absolute atomic E-state index is 0.215. The van der Waals surface area contributed by atoms with Gasteiger partial charge in [0.05, 0.1) is 9.82 Å². The highest BCUT2D eigenvalue weighted by Crippen LogP contribution is 2.35. The molecule has 0 saturated carbocycles. The average Bonchev–Trinajstić information content (AvgIpc) is 2.17. The maximum absolute atomic E-state index is 10.6. The predicted octanol–water partition coefficient (Wildman–Crippen LogP) is 2.71. The van der Waals surface area contributed by atoms with E-state index in [1.165, 1.54) is 11.8 Å². The smallest absolute Gasteiger partial charge is 0.258 e. The molecule has 4 heteroatoms. The highest BCUT2D eigenvalue weighted by Gasteiger charge is 2.17. The molecule has 1 aliphatic rings. The lowest BCUT2D eigenvalue weighted by Gasteiger charge is -2.08. The van der Waals surface area contributed by atoms with E-state index in [0.717, 1.165) is 16.2 Å². The molecule has 0 amide bonds. The van der Waals surface area contributed by atoms with Crippen molar-refractivity contribution in [2.45, 2.75) is 4.90 Å². The third-order valence-electron chi connectivity index (χ3n) is 1.84. The Morgan fingerprint density at radius 3 is 3.08 bits per heavy atom. The SMILES string of the molecule is O=[N+]([O-])c1cccc2c1SCC=C2. The molecule has 0 unspecified atom stereocenters. The van der Waals surface area contributed by atoms with Crippen molar-refractivity contribution in [1.29, 1.82) is 0 Å². The fraction of sp³-hybridized carbons (Fsp3) is 0.111. The Hall–Kier alpha value is -1.29. The van der Waals surface area contributed by atoms with Crippen LogP contribution in [-0.4, -0.2) is 10.7 Å². The fourth-order valence-corrected chi connectivity index (χ4v) is 2.23. The molecule has 0 aliphatic carbocycles. The van der Waals surface area contributed by atoms with E-state index in [1.807, 2.05) is 18.2 Å². The normalized spacial score (nSPS) is 13.8. The molecule has 13 heavy (non-hydrogen) atoms. The average molecular weight is 193 g/mol. The summed E-state index contributed by atoms with van der Waals surface area (Å²) in [6.45, 7) is 0. The number of rotatable bonds is 1. The van der Waals surface area contributed by atoms with E-state index in [1.54, 1.807) is 12.1 Å². The van der Waals surface area contributed by atoms with Crippen molar-refractivity contribution < 1.29 is 4.92 Å². The molecule has 0 saturated heterocycles. The molecule has 66 valence electrons. The molecule has 0 atom stereocenters. The first kappa shape index (κ1) is 8.31. The van der Waals surface area contributed by atoms with Gasteiger partial charge in [0, 0.05) is 11.8 Å². The Morgan fingerprint density at radius 2 is 2.31 bits per heavy atom. The van der Waals surface area contributed by atoms with Crippen molar-refractivity contribution in [3.8, 4) is 0 Å². The summed E-state index contributed by atoms with van der Waals surface area (Å²) in [5.41, 5.74) is 1.16. The molecular weight excluding hydrogens is 186 g/mol. The maximum Gasteiger partial charge on any atom is 0.283 e. The van der Waals surface area contributed by atoms with Gasteiger partial charge in [-0.2, -0.15) is 0 Å². The van der Waals surface area contributed by atoms with Crippen molar-refractivity contribution >= 4 is 23.5 Å². The number of fused-ring (bicyclic) bond motifs is 1. The molecular formula is C9H7NO2S. The van der Waals surface area contributed by atoms with Crippen molar-refractivity contribution in [3.63, 3.8) is 0 Å². The molecule has 0 fully saturated rings. The predicted molar refractivity (Wildman–Crippen MR) is 52.9 cm³/mol. The van der Waals surface area contributed by atoms with E-state index >= 15 is 0 Å². The number of nitro groups is 1. The molecule has 1 aliphatic heterocycles. The molecule has 1 aromatic carbocycles. The lowest BCUT2D eigenvalue weighted by atomic mass is 10.2. The van der Waals surface area contributed by atoms with Gasteiger partial charge in [-0.15, -0.1) is 11.8 Å². The van der Waals surface area contributed by atoms with E-state index in [4.69, 9.17) is 0 Å². The molecule has 0 N–H and O–H groups in total. The Labute approximate surface area is 79.6 Å². The van der Waals surface area contributed by atoms with Gasteiger partial charge in [0.15, 0.2) is 0 Å². The van der Waals surface area contributed by atoms with Crippen LogP contribution in [0.2, 0.25) is 0 Å². The number of nitro benzene ring substituents is 1. The van der Waals surface area contributed by atoms with Crippen molar-refractivity contribution in [2.24, 2.45) is 0 Å². The van der Waals surface area contributed by atoms with Crippen LogP contribution in [-0.2, 0) is 0 Å². The fourth-order valence-electron chi connectivity index (χ4n) is 1.28. The summed E-state index contributed by atoms with van der Waals surface area (Å²) in [7, 11) is 0. The molecule has 1 heterocycles. The van der Waals surface area contributed by atoms with Gasteiger partial charge in [-0.05, 0) is 5.56 Å². The standard InChI is InChI=1S/C9H7NO2S/c11-10(12)8-5-1-3-7-4-2-6-13-9(7)8/h1-5H,6H2. The first-order chi connectivity index (χ1) is 6.29. The Morgan fingerprint density at radius 1 is 1.46 bits per heavy atom. The summed E-state index contributed by atoms with van der Waals surface area (Å²) in [5.74, 6) is 0.817. The molecule has 1 aromatic rings. The molecule has 3 nitrogen and oxygen atoms in total. The van der Waals surface area contributed by atoms with Gasteiger partial charge in [0.2, 0.25) is 0 Å². The number of thioether (sulfide) groups is 1. The van der Waals surface area contributed by atoms with Crippen LogP contribution in [0.3, 0.4) is 0 Å². The van der Waals surface area contributed by atoms with Crippen LogP contribution in [0.1, 0.15) is 5.56 Å². The Bertz CT molecular complexity index is 387. The van der Waals surface area contributed by atoms with Crippen molar-refractivity contribution in [1.82, 2.24) is 0 Å². The zero-order valence-corrected chi connectivity index (χ0v) is 7.58. The van der Waals surface area contributed by atoms with Gasteiger partial charge in [0.25, 0.3) is 5.69 Å². The lowest BCUT2D eigenvalue weighted by Crippen LogP contribution is -1.95. The molecule has 0 aromatic heterocycles.